The summed E-state index contributed by atoms with van der Waals surface area (Å²) in [5.74, 6) is -0.0460. The summed E-state index contributed by atoms with van der Waals surface area (Å²) in [6.07, 6.45) is 2.22. The highest BCUT2D eigenvalue weighted by Crippen LogP contribution is 2.22. The van der Waals surface area contributed by atoms with Crippen molar-refractivity contribution in [2.45, 2.75) is 19.8 Å². The average molecular weight is 270 g/mol. The Labute approximate surface area is 113 Å². The molecular formula is C13H20ClN3O. The fraction of sp³-hybridized carbons (Fsp3) is 0.462. The van der Waals surface area contributed by atoms with Crippen molar-refractivity contribution in [3.05, 3.63) is 23.2 Å². The number of carbonyl (C=O) groups is 1. The van der Waals surface area contributed by atoms with Gasteiger partial charge in [-0.15, -0.1) is 0 Å². The monoisotopic (exact) mass is 269 g/mol. The normalized spacial score (nSPS) is 10.7. The number of anilines is 2. The fourth-order valence-electron chi connectivity index (χ4n) is 1.57. The van der Waals surface area contributed by atoms with Gasteiger partial charge in [0.1, 0.15) is 0 Å². The Kier molecular flexibility index (Phi) is 5.95. The molecule has 1 rings (SSSR count). The van der Waals surface area contributed by atoms with Crippen LogP contribution in [0.1, 0.15) is 19.8 Å². The Morgan fingerprint density at radius 1 is 1.50 bits per heavy atom. The number of nitrogens with two attached hydrogens (primary N) is 1. The van der Waals surface area contributed by atoms with Gasteiger partial charge in [-0.05, 0) is 38.2 Å². The summed E-state index contributed by atoms with van der Waals surface area (Å²) in [5, 5.41) is 3.29. The van der Waals surface area contributed by atoms with Gasteiger partial charge in [0.15, 0.2) is 0 Å². The van der Waals surface area contributed by atoms with Crippen molar-refractivity contribution in [1.29, 1.82) is 0 Å². The van der Waals surface area contributed by atoms with E-state index in [1.165, 1.54) is 0 Å². The second-order valence-electron chi connectivity index (χ2n) is 4.38. The van der Waals surface area contributed by atoms with Gasteiger partial charge >= 0.3 is 0 Å². The van der Waals surface area contributed by atoms with Crippen LogP contribution in [-0.4, -0.2) is 30.9 Å². The van der Waals surface area contributed by atoms with E-state index in [4.69, 9.17) is 17.3 Å². The molecule has 0 saturated heterocycles. The van der Waals surface area contributed by atoms with E-state index in [1.54, 1.807) is 18.2 Å². The molecule has 5 heteroatoms. The molecule has 1 aromatic rings. The summed E-state index contributed by atoms with van der Waals surface area (Å²) in [6.45, 7) is 3.43. The lowest BCUT2D eigenvalue weighted by Gasteiger charge is -2.15. The Balaban J connectivity index is 2.46. The molecule has 0 unspecified atom stereocenters. The highest BCUT2D eigenvalue weighted by Gasteiger charge is 2.07. The van der Waals surface area contributed by atoms with Gasteiger partial charge in [0.25, 0.3) is 0 Å². The Morgan fingerprint density at radius 3 is 2.83 bits per heavy atom. The molecule has 0 fully saturated rings. The third-order valence-electron chi connectivity index (χ3n) is 2.59. The van der Waals surface area contributed by atoms with Crippen molar-refractivity contribution in [2.24, 2.45) is 0 Å². The van der Waals surface area contributed by atoms with Crippen molar-refractivity contribution >= 4 is 28.9 Å². The molecule has 0 radical (unpaired) electrons. The van der Waals surface area contributed by atoms with Gasteiger partial charge in [-0.1, -0.05) is 24.9 Å². The van der Waals surface area contributed by atoms with Crippen molar-refractivity contribution in [2.75, 3.05) is 31.2 Å². The van der Waals surface area contributed by atoms with Crippen LogP contribution in [0.4, 0.5) is 11.4 Å². The SMILES string of the molecule is CCCCN(C)CC(=O)Nc1ccc(Cl)c(N)c1. The van der Waals surface area contributed by atoms with E-state index in [0.29, 0.717) is 22.9 Å². The number of halogens is 1. The van der Waals surface area contributed by atoms with Crippen LogP contribution in [0.3, 0.4) is 0 Å². The first-order valence-corrected chi connectivity index (χ1v) is 6.44. The predicted molar refractivity (Wildman–Crippen MR) is 76.9 cm³/mol. The number of hydrogen-bond donors (Lipinski definition) is 2. The van der Waals surface area contributed by atoms with Crippen LogP contribution in [0.15, 0.2) is 18.2 Å². The molecule has 0 aliphatic heterocycles. The zero-order chi connectivity index (χ0) is 13.5. The summed E-state index contributed by atoms with van der Waals surface area (Å²) < 4.78 is 0. The topological polar surface area (TPSA) is 58.4 Å². The standard InChI is InChI=1S/C13H20ClN3O/c1-3-4-7-17(2)9-13(18)16-10-5-6-11(14)12(15)8-10/h5-6,8H,3-4,7,9,15H2,1-2H3,(H,16,18). The van der Waals surface area contributed by atoms with Gasteiger partial charge < -0.3 is 11.1 Å². The molecule has 0 aliphatic carbocycles. The van der Waals surface area contributed by atoms with E-state index in [-0.39, 0.29) is 5.91 Å². The number of amides is 1. The van der Waals surface area contributed by atoms with Crippen LogP contribution >= 0.6 is 11.6 Å². The minimum atomic E-state index is -0.0460. The van der Waals surface area contributed by atoms with Gasteiger partial charge in [0.2, 0.25) is 5.91 Å². The average Bonchev–Trinajstić information content (AvgIpc) is 2.31. The fourth-order valence-corrected chi connectivity index (χ4v) is 1.69. The summed E-state index contributed by atoms with van der Waals surface area (Å²) in [5.41, 5.74) is 6.81. The zero-order valence-electron chi connectivity index (χ0n) is 10.9. The number of nitrogens with zero attached hydrogens (tertiary/aromatic N) is 1. The Bertz CT molecular complexity index is 409. The van der Waals surface area contributed by atoms with Crippen molar-refractivity contribution in [3.8, 4) is 0 Å². The molecule has 0 spiro atoms. The van der Waals surface area contributed by atoms with E-state index >= 15 is 0 Å². The number of unbranched alkanes of at least 4 members (excludes halogenated alkanes) is 1. The van der Waals surface area contributed by atoms with Crippen molar-refractivity contribution in [1.82, 2.24) is 4.90 Å². The highest BCUT2D eigenvalue weighted by molar-refractivity contribution is 6.33. The van der Waals surface area contributed by atoms with E-state index in [2.05, 4.69) is 12.2 Å². The molecule has 0 saturated carbocycles. The van der Waals surface area contributed by atoms with E-state index in [9.17, 15) is 4.79 Å². The van der Waals surface area contributed by atoms with Gasteiger partial charge in [-0.2, -0.15) is 0 Å². The van der Waals surface area contributed by atoms with Crippen LogP contribution in [0, 0.1) is 0 Å². The van der Waals surface area contributed by atoms with Crippen LogP contribution in [0.25, 0.3) is 0 Å². The summed E-state index contributed by atoms with van der Waals surface area (Å²) >= 11 is 5.81. The lowest BCUT2D eigenvalue weighted by Crippen LogP contribution is -2.30. The molecule has 100 valence electrons. The minimum Gasteiger partial charge on any atom is -0.397 e. The number of nitrogens with one attached hydrogen (secondary N) is 1. The van der Waals surface area contributed by atoms with Crippen LogP contribution < -0.4 is 11.1 Å². The molecule has 0 aromatic heterocycles. The Hall–Kier alpha value is -1.26. The number of benzene rings is 1. The minimum absolute atomic E-state index is 0.0460. The van der Waals surface area contributed by atoms with Crippen LogP contribution in [0.2, 0.25) is 5.02 Å². The second-order valence-corrected chi connectivity index (χ2v) is 4.78. The summed E-state index contributed by atoms with van der Waals surface area (Å²) in [7, 11) is 1.94. The predicted octanol–water partition coefficient (Wildman–Crippen LogP) is 2.59. The van der Waals surface area contributed by atoms with Crippen molar-refractivity contribution in [3.63, 3.8) is 0 Å². The Morgan fingerprint density at radius 2 is 2.22 bits per heavy atom. The maximum Gasteiger partial charge on any atom is 0.238 e. The number of likely N-dealkylation sites (N-methyl/N-ethyl adjacent to an activating group) is 1. The second kappa shape index (κ2) is 7.24. The van der Waals surface area contributed by atoms with E-state index in [1.807, 2.05) is 11.9 Å². The lowest BCUT2D eigenvalue weighted by molar-refractivity contribution is -0.117. The molecule has 0 bridgehead atoms. The molecule has 3 N–H and O–H groups in total. The van der Waals surface area contributed by atoms with Gasteiger partial charge in [0.05, 0.1) is 17.3 Å². The summed E-state index contributed by atoms with van der Waals surface area (Å²) in [4.78, 5) is 13.8. The molecule has 1 amide bonds. The largest absolute Gasteiger partial charge is 0.397 e. The number of hydrogen-bond acceptors (Lipinski definition) is 3. The smallest absolute Gasteiger partial charge is 0.238 e. The first-order chi connectivity index (χ1) is 8.52. The summed E-state index contributed by atoms with van der Waals surface area (Å²) in [6, 6.07) is 5.07. The van der Waals surface area contributed by atoms with E-state index < -0.39 is 0 Å². The molecule has 18 heavy (non-hydrogen) atoms. The number of rotatable bonds is 6. The van der Waals surface area contributed by atoms with E-state index in [0.717, 1.165) is 19.4 Å². The molecular weight excluding hydrogens is 250 g/mol. The molecule has 0 atom stereocenters. The van der Waals surface area contributed by atoms with Gasteiger partial charge in [-0.3, -0.25) is 9.69 Å². The number of carbonyl (C=O) groups excluding carboxylic acids is 1. The highest BCUT2D eigenvalue weighted by atomic mass is 35.5. The molecule has 0 aliphatic rings. The number of nitrogen functional groups attached to an aromatic ring is 1. The third-order valence-corrected chi connectivity index (χ3v) is 2.93. The first-order valence-electron chi connectivity index (χ1n) is 6.06. The molecule has 1 aromatic carbocycles. The third kappa shape index (κ3) is 4.94. The zero-order valence-corrected chi connectivity index (χ0v) is 11.6. The van der Waals surface area contributed by atoms with Crippen LogP contribution in [0.5, 0.6) is 0 Å². The van der Waals surface area contributed by atoms with Gasteiger partial charge in [0, 0.05) is 5.69 Å². The quantitative estimate of drug-likeness (QED) is 0.781. The van der Waals surface area contributed by atoms with Crippen molar-refractivity contribution < 1.29 is 4.79 Å². The maximum absolute atomic E-state index is 11.8. The molecule has 0 heterocycles. The van der Waals surface area contributed by atoms with Crippen LogP contribution in [-0.2, 0) is 4.79 Å². The maximum atomic E-state index is 11.8. The molecule has 4 nitrogen and oxygen atoms in total. The first kappa shape index (κ1) is 14.8. The lowest BCUT2D eigenvalue weighted by atomic mass is 10.2. The van der Waals surface area contributed by atoms with Gasteiger partial charge in [-0.25, -0.2) is 0 Å².